The molecule has 0 saturated carbocycles. The van der Waals surface area contributed by atoms with Crippen molar-refractivity contribution in [3.8, 4) is 5.88 Å². The maximum Gasteiger partial charge on any atom is 0.230 e. The number of aromatic nitrogens is 1. The van der Waals surface area contributed by atoms with Crippen molar-refractivity contribution in [2.24, 2.45) is 0 Å². The van der Waals surface area contributed by atoms with E-state index in [-0.39, 0.29) is 6.04 Å². The van der Waals surface area contributed by atoms with E-state index in [1.807, 2.05) is 25.1 Å². The second-order valence-corrected chi connectivity index (χ2v) is 6.86. The summed E-state index contributed by atoms with van der Waals surface area (Å²) in [4.78, 5) is 7.57. The molecule has 0 bridgehead atoms. The van der Waals surface area contributed by atoms with Gasteiger partial charge >= 0.3 is 0 Å². The van der Waals surface area contributed by atoms with E-state index in [0.29, 0.717) is 5.88 Å². The van der Waals surface area contributed by atoms with Gasteiger partial charge in [0.25, 0.3) is 0 Å². The number of hydrogen-bond acceptors (Lipinski definition) is 5. The average Bonchev–Trinajstić information content (AvgIpc) is 2.88. The van der Waals surface area contributed by atoms with Crippen molar-refractivity contribution in [3.63, 3.8) is 0 Å². The first-order valence-corrected chi connectivity index (χ1v) is 8.32. The molecule has 6 heteroatoms. The first kappa shape index (κ1) is 16.3. The zero-order valence-corrected chi connectivity index (χ0v) is 15.1. The average molecular weight is 370 g/mol. The molecule has 1 heterocycles. The fourth-order valence-corrected chi connectivity index (χ4v) is 3.50. The number of halogens is 1. The Balaban J connectivity index is 2.07. The van der Waals surface area contributed by atoms with Crippen molar-refractivity contribution in [1.82, 2.24) is 10.3 Å². The third-order valence-electron chi connectivity index (χ3n) is 3.17. The molecule has 0 amide bonds. The number of hydrogen-bond donors (Lipinski definition) is 1. The Morgan fingerprint density at radius 1 is 1.38 bits per heavy atom. The molecule has 1 aromatic heterocycles. The normalized spacial score (nSPS) is 12.2. The fourth-order valence-electron chi connectivity index (χ4n) is 1.97. The van der Waals surface area contributed by atoms with Crippen LogP contribution in [0.4, 0.5) is 5.13 Å². The quantitative estimate of drug-likeness (QED) is 0.839. The molecule has 1 aromatic carbocycles. The Bertz CT molecular complexity index is 600. The van der Waals surface area contributed by atoms with Crippen LogP contribution in [0, 0.1) is 0 Å². The summed E-state index contributed by atoms with van der Waals surface area (Å²) >= 11 is 5.24. The van der Waals surface area contributed by atoms with Gasteiger partial charge < -0.3 is 15.0 Å². The van der Waals surface area contributed by atoms with Crippen molar-refractivity contribution >= 4 is 32.4 Å². The maximum atomic E-state index is 5.36. The van der Waals surface area contributed by atoms with E-state index in [9.17, 15) is 0 Å². The molecule has 1 atom stereocenters. The highest BCUT2D eigenvalue weighted by atomic mass is 79.9. The van der Waals surface area contributed by atoms with E-state index in [0.717, 1.165) is 21.0 Å². The minimum atomic E-state index is 0.246. The zero-order valence-electron chi connectivity index (χ0n) is 12.7. The second-order valence-electron chi connectivity index (χ2n) is 4.95. The molecule has 0 aliphatic heterocycles. The van der Waals surface area contributed by atoms with Crippen molar-refractivity contribution in [3.05, 3.63) is 39.2 Å². The third kappa shape index (κ3) is 3.96. The Kier molecular flexibility index (Phi) is 5.61. The van der Waals surface area contributed by atoms with Crippen LogP contribution in [0.5, 0.6) is 5.88 Å². The molecule has 2 aromatic rings. The van der Waals surface area contributed by atoms with Crippen LogP contribution in [0.1, 0.15) is 23.4 Å². The van der Waals surface area contributed by atoms with Gasteiger partial charge in [-0.05, 0) is 18.6 Å². The minimum Gasteiger partial charge on any atom is -0.480 e. The van der Waals surface area contributed by atoms with E-state index < -0.39 is 0 Å². The summed E-state index contributed by atoms with van der Waals surface area (Å²) in [5.41, 5.74) is 1.24. The summed E-state index contributed by atoms with van der Waals surface area (Å²) in [6, 6.07) is 8.50. The number of nitrogens with zero attached hydrogens (tertiary/aromatic N) is 2. The van der Waals surface area contributed by atoms with E-state index in [4.69, 9.17) is 4.74 Å². The van der Waals surface area contributed by atoms with Crippen LogP contribution < -0.4 is 15.0 Å². The van der Waals surface area contributed by atoms with Crippen LogP contribution in [0.15, 0.2) is 28.7 Å². The Hall–Kier alpha value is -1.11. The van der Waals surface area contributed by atoms with Gasteiger partial charge in [-0.3, -0.25) is 0 Å². The van der Waals surface area contributed by atoms with E-state index in [2.05, 4.69) is 51.4 Å². The maximum absolute atomic E-state index is 5.36. The van der Waals surface area contributed by atoms with Crippen molar-refractivity contribution < 1.29 is 4.74 Å². The Morgan fingerprint density at radius 2 is 2.10 bits per heavy atom. The predicted molar refractivity (Wildman–Crippen MR) is 92.4 cm³/mol. The first-order valence-electron chi connectivity index (χ1n) is 6.71. The lowest BCUT2D eigenvalue weighted by Crippen LogP contribution is -2.18. The van der Waals surface area contributed by atoms with Crippen molar-refractivity contribution in [2.75, 3.05) is 26.1 Å². The summed E-state index contributed by atoms with van der Waals surface area (Å²) < 4.78 is 6.48. The predicted octanol–water partition coefficient (Wildman–Crippen LogP) is 3.83. The van der Waals surface area contributed by atoms with Gasteiger partial charge in [0.05, 0.1) is 12.0 Å². The topological polar surface area (TPSA) is 37.4 Å². The van der Waals surface area contributed by atoms with Crippen LogP contribution in [-0.4, -0.2) is 26.2 Å². The third-order valence-corrected chi connectivity index (χ3v) is 5.09. The lowest BCUT2D eigenvalue weighted by Gasteiger charge is -2.15. The van der Waals surface area contributed by atoms with Gasteiger partial charge in [0.1, 0.15) is 0 Å². The molecule has 1 N–H and O–H groups in total. The fraction of sp³-hybridized carbons (Fsp3) is 0.400. The lowest BCUT2D eigenvalue weighted by atomic mass is 10.1. The number of nitrogens with one attached hydrogen (secondary N) is 1. The second kappa shape index (κ2) is 7.24. The molecular weight excluding hydrogens is 350 g/mol. The molecule has 114 valence electrons. The van der Waals surface area contributed by atoms with Crippen molar-refractivity contribution in [1.29, 1.82) is 0 Å². The lowest BCUT2D eigenvalue weighted by molar-refractivity contribution is 0.393. The van der Waals surface area contributed by atoms with Gasteiger partial charge in [-0.1, -0.05) is 45.5 Å². The van der Waals surface area contributed by atoms with E-state index in [1.165, 1.54) is 5.56 Å². The van der Waals surface area contributed by atoms with Gasteiger partial charge in [-0.2, -0.15) is 4.98 Å². The van der Waals surface area contributed by atoms with Crippen molar-refractivity contribution in [2.45, 2.75) is 19.5 Å². The first-order chi connectivity index (χ1) is 10.0. The molecular formula is C15H20BrN3OS. The van der Waals surface area contributed by atoms with Crippen LogP contribution >= 0.6 is 27.3 Å². The highest BCUT2D eigenvalue weighted by Crippen LogP contribution is 2.31. The molecule has 0 saturated heterocycles. The van der Waals surface area contributed by atoms with E-state index >= 15 is 0 Å². The van der Waals surface area contributed by atoms with Gasteiger partial charge in [0, 0.05) is 31.2 Å². The molecule has 21 heavy (non-hydrogen) atoms. The SMILES string of the molecule is COc1nc(N(C)C)sc1CNC(C)c1ccccc1Br. The van der Waals surface area contributed by atoms with Gasteiger partial charge in [0.15, 0.2) is 5.13 Å². The van der Waals surface area contributed by atoms with E-state index in [1.54, 1.807) is 18.4 Å². The molecule has 0 radical (unpaired) electrons. The Labute approximate surface area is 138 Å². The van der Waals surface area contributed by atoms with Crippen LogP contribution in [0.3, 0.4) is 0 Å². The smallest absolute Gasteiger partial charge is 0.230 e. The van der Waals surface area contributed by atoms with Gasteiger partial charge in [0.2, 0.25) is 5.88 Å². The van der Waals surface area contributed by atoms with Crippen LogP contribution in [-0.2, 0) is 6.54 Å². The Morgan fingerprint density at radius 3 is 2.71 bits per heavy atom. The molecule has 2 rings (SSSR count). The highest BCUT2D eigenvalue weighted by molar-refractivity contribution is 9.10. The van der Waals surface area contributed by atoms with Crippen LogP contribution in [0.2, 0.25) is 0 Å². The number of benzene rings is 1. The molecule has 4 nitrogen and oxygen atoms in total. The number of anilines is 1. The number of rotatable bonds is 6. The molecule has 0 fully saturated rings. The highest BCUT2D eigenvalue weighted by Gasteiger charge is 2.15. The standard InChI is InChI=1S/C15H20BrN3OS/c1-10(11-7-5-6-8-12(11)16)17-9-13-14(20-4)18-15(21-13)19(2)3/h5-8,10,17H,9H2,1-4H3. The largest absolute Gasteiger partial charge is 0.480 e. The number of ether oxygens (including phenoxy) is 1. The summed E-state index contributed by atoms with van der Waals surface area (Å²) in [7, 11) is 5.63. The molecule has 1 unspecified atom stereocenters. The number of methoxy groups -OCH3 is 1. The molecule has 0 aliphatic rings. The summed E-state index contributed by atoms with van der Waals surface area (Å²) in [6.45, 7) is 2.89. The monoisotopic (exact) mass is 369 g/mol. The van der Waals surface area contributed by atoms with Gasteiger partial charge in [-0.15, -0.1) is 0 Å². The zero-order chi connectivity index (χ0) is 15.4. The summed E-state index contributed by atoms with van der Waals surface area (Å²) in [5, 5.41) is 4.48. The minimum absolute atomic E-state index is 0.246. The summed E-state index contributed by atoms with van der Waals surface area (Å²) in [5.74, 6) is 0.704. The molecule has 0 spiro atoms. The van der Waals surface area contributed by atoms with Crippen LogP contribution in [0.25, 0.3) is 0 Å². The molecule has 0 aliphatic carbocycles. The summed E-state index contributed by atoms with van der Waals surface area (Å²) in [6.07, 6.45) is 0. The number of thiazole rings is 1. The van der Waals surface area contributed by atoms with Gasteiger partial charge in [-0.25, -0.2) is 0 Å².